The van der Waals surface area contributed by atoms with Gasteiger partial charge >= 0.3 is 0 Å². The predicted octanol–water partition coefficient (Wildman–Crippen LogP) is 5.05. The highest BCUT2D eigenvalue weighted by molar-refractivity contribution is 9.10. The van der Waals surface area contributed by atoms with Crippen molar-refractivity contribution in [2.45, 2.75) is 55.9 Å². The summed E-state index contributed by atoms with van der Waals surface area (Å²) in [5.41, 5.74) is 4.77. The third-order valence-corrected chi connectivity index (χ3v) is 7.76. The molecule has 2 aromatic rings. The first-order chi connectivity index (χ1) is 14.6. The smallest absolute Gasteiger partial charge is 0.189 e. The van der Waals surface area contributed by atoms with Gasteiger partial charge in [-0.1, -0.05) is 40.7 Å². The molecule has 1 fully saturated rings. The lowest BCUT2D eigenvalue weighted by Gasteiger charge is -2.44. The molecule has 0 radical (unpaired) electrons. The van der Waals surface area contributed by atoms with E-state index in [2.05, 4.69) is 52.2 Å². The van der Waals surface area contributed by atoms with Crippen LogP contribution in [0.1, 0.15) is 54.5 Å². The quantitative estimate of drug-likeness (QED) is 0.434. The highest BCUT2D eigenvalue weighted by atomic mass is 79.9. The van der Waals surface area contributed by atoms with Crippen molar-refractivity contribution in [1.82, 2.24) is 9.97 Å². The van der Waals surface area contributed by atoms with Crippen molar-refractivity contribution < 1.29 is 9.47 Å². The van der Waals surface area contributed by atoms with Gasteiger partial charge in [0.2, 0.25) is 0 Å². The van der Waals surface area contributed by atoms with Crippen molar-refractivity contribution in [3.05, 3.63) is 45.1 Å². The molecule has 1 aromatic carbocycles. The molecule has 160 valence electrons. The summed E-state index contributed by atoms with van der Waals surface area (Å²) in [5, 5.41) is 0.851. The minimum Gasteiger partial charge on any atom is -0.380 e. The third kappa shape index (κ3) is 3.68. The van der Waals surface area contributed by atoms with Gasteiger partial charge in [-0.3, -0.25) is 0 Å². The van der Waals surface area contributed by atoms with Gasteiger partial charge < -0.3 is 14.4 Å². The van der Waals surface area contributed by atoms with E-state index in [0.717, 1.165) is 78.7 Å². The summed E-state index contributed by atoms with van der Waals surface area (Å²) >= 11 is 5.30. The number of anilines is 1. The molecule has 7 heteroatoms. The Morgan fingerprint density at radius 3 is 3.00 bits per heavy atom. The molecular formula is C23H28BrN3O2S. The van der Waals surface area contributed by atoms with E-state index in [-0.39, 0.29) is 5.60 Å². The number of nitrogens with zero attached hydrogens (tertiary/aromatic N) is 3. The SMILES string of the molecule is CSc1nc2c(c(N3CCCOCC3)n1)COC1(CC[C@H](C)c3ccc(Br)cc31)C2. The van der Waals surface area contributed by atoms with Crippen molar-refractivity contribution >= 4 is 33.5 Å². The maximum absolute atomic E-state index is 6.73. The van der Waals surface area contributed by atoms with E-state index in [1.165, 1.54) is 11.1 Å². The van der Waals surface area contributed by atoms with Crippen LogP contribution in [0.15, 0.2) is 27.8 Å². The van der Waals surface area contributed by atoms with Crippen LogP contribution in [0.3, 0.4) is 0 Å². The molecule has 1 aliphatic carbocycles. The molecule has 2 aliphatic heterocycles. The molecule has 0 amide bonds. The van der Waals surface area contributed by atoms with E-state index in [0.29, 0.717) is 12.5 Å². The number of hydrogen-bond donors (Lipinski definition) is 0. The van der Waals surface area contributed by atoms with E-state index >= 15 is 0 Å². The van der Waals surface area contributed by atoms with Crippen LogP contribution >= 0.6 is 27.7 Å². The van der Waals surface area contributed by atoms with Crippen molar-refractivity contribution in [3.8, 4) is 0 Å². The van der Waals surface area contributed by atoms with Crippen molar-refractivity contribution in [2.75, 3.05) is 37.5 Å². The van der Waals surface area contributed by atoms with Gasteiger partial charge in [0, 0.05) is 36.2 Å². The second-order valence-corrected chi connectivity index (χ2v) is 10.2. The zero-order valence-corrected chi connectivity index (χ0v) is 20.0. The molecule has 3 aliphatic rings. The van der Waals surface area contributed by atoms with Gasteiger partial charge in [-0.25, -0.2) is 9.97 Å². The highest BCUT2D eigenvalue weighted by Crippen LogP contribution is 2.49. The first kappa shape index (κ1) is 20.7. The molecule has 2 atom stereocenters. The number of rotatable bonds is 2. The molecule has 0 saturated carbocycles. The molecule has 5 rings (SSSR count). The Morgan fingerprint density at radius 2 is 2.13 bits per heavy atom. The van der Waals surface area contributed by atoms with Gasteiger partial charge in [-0.05, 0) is 54.7 Å². The van der Waals surface area contributed by atoms with Gasteiger partial charge in [-0.2, -0.15) is 0 Å². The van der Waals surface area contributed by atoms with E-state index in [4.69, 9.17) is 19.4 Å². The fourth-order valence-electron chi connectivity index (χ4n) is 5.06. The van der Waals surface area contributed by atoms with Gasteiger partial charge in [0.15, 0.2) is 5.16 Å². The lowest BCUT2D eigenvalue weighted by atomic mass is 9.71. The Labute approximate surface area is 191 Å². The average molecular weight is 490 g/mol. The van der Waals surface area contributed by atoms with E-state index in [9.17, 15) is 0 Å². The standard InChI is InChI=1S/C23H28BrN3O2S/c1-15-6-7-23(19-12-16(24)4-5-17(15)19)13-20-18(14-29-23)21(26-22(25-20)30-2)27-8-3-10-28-11-9-27/h4-5,12,15H,3,6-11,13-14H2,1-2H3/t15-,23?/m0/s1. The normalized spacial score (nSPS) is 26.2. The van der Waals surface area contributed by atoms with Crippen LogP contribution in [0.2, 0.25) is 0 Å². The predicted molar refractivity (Wildman–Crippen MR) is 123 cm³/mol. The van der Waals surface area contributed by atoms with Crippen LogP contribution in [0.4, 0.5) is 5.82 Å². The van der Waals surface area contributed by atoms with Gasteiger partial charge in [0.05, 0.1) is 24.5 Å². The Hall–Kier alpha value is -1.15. The molecule has 30 heavy (non-hydrogen) atoms. The van der Waals surface area contributed by atoms with Crippen molar-refractivity contribution in [3.63, 3.8) is 0 Å². The summed E-state index contributed by atoms with van der Waals surface area (Å²) in [6.45, 7) is 6.30. The second kappa shape index (κ2) is 8.41. The number of halogens is 1. The largest absolute Gasteiger partial charge is 0.380 e. The van der Waals surface area contributed by atoms with Gasteiger partial charge in [0.1, 0.15) is 5.82 Å². The minimum absolute atomic E-state index is 0.290. The molecule has 1 aromatic heterocycles. The van der Waals surface area contributed by atoms with Crippen LogP contribution in [-0.4, -0.2) is 42.5 Å². The number of thioether (sulfide) groups is 1. The first-order valence-corrected chi connectivity index (χ1v) is 12.8. The zero-order valence-electron chi connectivity index (χ0n) is 17.6. The minimum atomic E-state index is -0.290. The Bertz CT molecular complexity index is 948. The van der Waals surface area contributed by atoms with Gasteiger partial charge in [0.25, 0.3) is 0 Å². The average Bonchev–Trinajstić information content (AvgIpc) is 3.05. The lowest BCUT2D eigenvalue weighted by molar-refractivity contribution is -0.0872. The fourth-order valence-corrected chi connectivity index (χ4v) is 5.80. The molecular weight excluding hydrogens is 462 g/mol. The van der Waals surface area contributed by atoms with Crippen molar-refractivity contribution in [2.24, 2.45) is 0 Å². The monoisotopic (exact) mass is 489 g/mol. The summed E-state index contributed by atoms with van der Waals surface area (Å²) < 4.78 is 13.5. The van der Waals surface area contributed by atoms with E-state index < -0.39 is 0 Å². The maximum atomic E-state index is 6.73. The molecule has 3 heterocycles. The summed E-state index contributed by atoms with van der Waals surface area (Å²) in [7, 11) is 0. The molecule has 1 spiro atoms. The topological polar surface area (TPSA) is 47.5 Å². The molecule has 0 N–H and O–H groups in total. The van der Waals surface area contributed by atoms with Crippen LogP contribution in [0, 0.1) is 0 Å². The number of aromatic nitrogens is 2. The van der Waals surface area contributed by atoms with Crippen LogP contribution < -0.4 is 4.90 Å². The fraction of sp³-hybridized carbons (Fsp3) is 0.565. The van der Waals surface area contributed by atoms with Gasteiger partial charge in [-0.15, -0.1) is 0 Å². The van der Waals surface area contributed by atoms with Crippen LogP contribution in [0.5, 0.6) is 0 Å². The number of ether oxygens (including phenoxy) is 2. The highest BCUT2D eigenvalue weighted by Gasteiger charge is 2.44. The number of fused-ring (bicyclic) bond motifs is 3. The number of hydrogen-bond acceptors (Lipinski definition) is 6. The number of benzene rings is 1. The molecule has 1 unspecified atom stereocenters. The Morgan fingerprint density at radius 1 is 1.23 bits per heavy atom. The Kier molecular flexibility index (Phi) is 5.82. The summed E-state index contributed by atoms with van der Waals surface area (Å²) in [5.74, 6) is 1.60. The molecule has 5 nitrogen and oxygen atoms in total. The third-order valence-electron chi connectivity index (χ3n) is 6.72. The van der Waals surface area contributed by atoms with Crippen LogP contribution in [0.25, 0.3) is 0 Å². The van der Waals surface area contributed by atoms with Crippen molar-refractivity contribution in [1.29, 1.82) is 0 Å². The molecule has 1 saturated heterocycles. The summed E-state index contributed by atoms with van der Waals surface area (Å²) in [6.07, 6.45) is 6.06. The molecule has 0 bridgehead atoms. The Balaban J connectivity index is 1.57. The first-order valence-electron chi connectivity index (χ1n) is 10.8. The lowest BCUT2D eigenvalue weighted by Crippen LogP contribution is -2.41. The second-order valence-electron chi connectivity index (χ2n) is 8.54. The zero-order chi connectivity index (χ0) is 20.7. The summed E-state index contributed by atoms with van der Waals surface area (Å²) in [4.78, 5) is 12.2. The summed E-state index contributed by atoms with van der Waals surface area (Å²) in [6, 6.07) is 6.68. The van der Waals surface area contributed by atoms with E-state index in [1.807, 2.05) is 0 Å². The van der Waals surface area contributed by atoms with E-state index in [1.54, 1.807) is 11.8 Å². The maximum Gasteiger partial charge on any atom is 0.189 e. The van der Waals surface area contributed by atoms with Crippen LogP contribution in [-0.2, 0) is 28.1 Å².